The first-order chi connectivity index (χ1) is 17.3. The number of aromatic nitrogens is 3. The monoisotopic (exact) mass is 768 g/mol. The molecule has 0 aliphatic carbocycles. The van der Waals surface area contributed by atoms with Gasteiger partial charge in [0.15, 0.2) is 0 Å². The van der Waals surface area contributed by atoms with E-state index in [1.165, 1.54) is 16.2 Å². The van der Waals surface area contributed by atoms with E-state index >= 15 is 0 Å². The van der Waals surface area contributed by atoms with Crippen LogP contribution in [0.3, 0.4) is 0 Å². The Morgan fingerprint density at radius 2 is 0.676 bits per heavy atom. The zero-order valence-corrected chi connectivity index (χ0v) is 27.5. The van der Waals surface area contributed by atoms with Gasteiger partial charge in [0.2, 0.25) is 0 Å². The van der Waals surface area contributed by atoms with E-state index in [1.54, 1.807) is 0 Å². The molecule has 0 aliphatic heterocycles. The van der Waals surface area contributed by atoms with Crippen LogP contribution < -0.4 is 13.4 Å². The van der Waals surface area contributed by atoms with E-state index in [0.29, 0.717) is 0 Å². The summed E-state index contributed by atoms with van der Waals surface area (Å²) in [5.41, 5.74) is 6.38. The molecule has 0 fully saturated rings. The zero-order chi connectivity index (χ0) is 25.7. The zero-order valence-electron chi connectivity index (χ0n) is 20.6. The Morgan fingerprint density at radius 1 is 0.405 bits per heavy atom. The summed E-state index contributed by atoms with van der Waals surface area (Å²) in [6.45, 7) is 6.02. The molecule has 0 unspecified atom stereocenters. The van der Waals surface area contributed by atoms with Gasteiger partial charge in [-0.15, -0.1) is 0 Å². The van der Waals surface area contributed by atoms with Crippen molar-refractivity contribution in [2.24, 2.45) is 0 Å². The molecule has 185 valence electrons. The van der Waals surface area contributed by atoms with Gasteiger partial charge in [-0.1, -0.05) is 0 Å². The smallest absolute Gasteiger partial charge is 0 e. The molecular formula is C30H24N3RuSe3. The molecule has 3 radical (unpaired) electrons. The Balaban J connectivity index is 0.000000152. The summed E-state index contributed by atoms with van der Waals surface area (Å²) in [5, 5.41) is 3.57. The van der Waals surface area contributed by atoms with Gasteiger partial charge in [0.1, 0.15) is 0 Å². The standard InChI is InChI=1S/3C10H8NSe.Ru/c3*1-7-5-6-8-3-2-4-9(12)10(8)11-7;/h3*2-6H,1H3;. The first-order valence-corrected chi connectivity index (χ1v) is 14.0. The molecule has 7 heteroatoms. The molecule has 3 heterocycles. The van der Waals surface area contributed by atoms with Crippen LogP contribution in [0.25, 0.3) is 32.7 Å². The van der Waals surface area contributed by atoms with Crippen LogP contribution in [0.4, 0.5) is 0 Å². The largest absolute Gasteiger partial charge is 0 e. The fourth-order valence-corrected chi connectivity index (χ4v) is 5.18. The predicted octanol–water partition coefficient (Wildman–Crippen LogP) is 4.01. The van der Waals surface area contributed by atoms with Gasteiger partial charge in [0.25, 0.3) is 0 Å². The third-order valence-corrected chi connectivity index (χ3v) is 7.54. The number of para-hydroxylation sites is 3. The quantitative estimate of drug-likeness (QED) is 0.220. The molecular weight excluding hydrogens is 740 g/mol. The van der Waals surface area contributed by atoms with E-state index in [0.717, 1.165) is 47.0 Å². The fourth-order valence-electron chi connectivity index (χ4n) is 3.65. The fraction of sp³-hybridized carbons (Fsp3) is 0.100. The van der Waals surface area contributed by atoms with Crippen LogP contribution in [0, 0.1) is 20.8 Å². The minimum absolute atomic E-state index is 0. The van der Waals surface area contributed by atoms with Crippen LogP contribution in [-0.4, -0.2) is 63.0 Å². The van der Waals surface area contributed by atoms with E-state index in [2.05, 4.69) is 99.4 Å². The molecule has 0 N–H and O–H groups in total. The van der Waals surface area contributed by atoms with Gasteiger partial charge in [-0.05, 0) is 0 Å². The summed E-state index contributed by atoms with van der Waals surface area (Å²) in [4.78, 5) is 13.3. The van der Waals surface area contributed by atoms with Gasteiger partial charge in [0, 0.05) is 19.5 Å². The maximum absolute atomic E-state index is 4.44. The van der Waals surface area contributed by atoms with E-state index in [4.69, 9.17) is 0 Å². The maximum Gasteiger partial charge on any atom is 0 e. The summed E-state index contributed by atoms with van der Waals surface area (Å²) >= 11 is 9.03. The number of nitrogens with zero attached hydrogens (tertiary/aromatic N) is 3. The molecule has 6 aromatic rings. The summed E-state index contributed by atoms with van der Waals surface area (Å²) in [7, 11) is 0. The number of aryl methyl sites for hydroxylation is 3. The maximum atomic E-state index is 4.44. The molecule has 3 aromatic carbocycles. The Hall–Kier alpha value is -1.93. The van der Waals surface area contributed by atoms with Crippen molar-refractivity contribution in [2.45, 2.75) is 20.8 Å². The van der Waals surface area contributed by atoms with Crippen molar-refractivity contribution in [3.05, 3.63) is 108 Å². The summed E-state index contributed by atoms with van der Waals surface area (Å²) in [6, 6.07) is 30.8. The van der Waals surface area contributed by atoms with Crippen LogP contribution in [0.1, 0.15) is 17.1 Å². The average molecular weight is 764 g/mol. The predicted molar refractivity (Wildman–Crippen MR) is 156 cm³/mol. The Labute approximate surface area is 255 Å². The van der Waals surface area contributed by atoms with Gasteiger partial charge >= 0.3 is 238 Å². The number of rotatable bonds is 0. The van der Waals surface area contributed by atoms with Crippen LogP contribution in [0.5, 0.6) is 0 Å². The Bertz CT molecular complexity index is 1470. The number of hydrogen-bond donors (Lipinski definition) is 0. The molecule has 6 rings (SSSR count). The summed E-state index contributed by atoms with van der Waals surface area (Å²) in [5.74, 6) is 0. The number of pyridine rings is 3. The van der Waals surface area contributed by atoms with Crippen molar-refractivity contribution in [3.8, 4) is 0 Å². The second-order valence-electron chi connectivity index (χ2n) is 8.34. The van der Waals surface area contributed by atoms with E-state index in [9.17, 15) is 0 Å². The van der Waals surface area contributed by atoms with Crippen molar-refractivity contribution >= 4 is 94.1 Å². The second kappa shape index (κ2) is 13.7. The van der Waals surface area contributed by atoms with Crippen molar-refractivity contribution < 1.29 is 19.5 Å². The molecule has 3 nitrogen and oxygen atoms in total. The van der Waals surface area contributed by atoms with Gasteiger partial charge in [-0.25, -0.2) is 0 Å². The molecule has 0 atom stereocenters. The normalized spacial score (nSPS) is 10.1. The SMILES string of the molecule is Cc1ccc2cccc([Se])c2n1.Cc1ccc2cccc([Se])c2n1.Cc1ccc2cccc([Se])c2n1.[Ru]. The Morgan fingerprint density at radius 3 is 0.946 bits per heavy atom. The van der Waals surface area contributed by atoms with Crippen molar-refractivity contribution in [1.82, 2.24) is 15.0 Å². The summed E-state index contributed by atoms with van der Waals surface area (Å²) in [6.07, 6.45) is 0. The van der Waals surface area contributed by atoms with E-state index < -0.39 is 0 Å². The van der Waals surface area contributed by atoms with Crippen LogP contribution in [-0.2, 0) is 19.5 Å². The molecule has 0 aliphatic rings. The van der Waals surface area contributed by atoms with Crippen molar-refractivity contribution in [1.29, 1.82) is 0 Å². The molecule has 37 heavy (non-hydrogen) atoms. The van der Waals surface area contributed by atoms with Crippen LogP contribution in [0.15, 0.2) is 91.0 Å². The number of hydrogen-bond acceptors (Lipinski definition) is 3. The number of fused-ring (bicyclic) bond motifs is 3. The van der Waals surface area contributed by atoms with Gasteiger partial charge < -0.3 is 0 Å². The second-order valence-corrected chi connectivity index (χ2v) is 11.1. The molecule has 0 spiro atoms. The molecule has 0 amide bonds. The van der Waals surface area contributed by atoms with E-state index in [-0.39, 0.29) is 19.5 Å². The minimum atomic E-state index is 0. The number of benzene rings is 3. The molecule has 0 saturated heterocycles. The first-order valence-electron chi connectivity index (χ1n) is 11.4. The Kier molecular flexibility index (Phi) is 11.0. The van der Waals surface area contributed by atoms with Crippen molar-refractivity contribution in [3.63, 3.8) is 0 Å². The van der Waals surface area contributed by atoms with E-state index in [1.807, 2.05) is 75.4 Å². The molecule has 3 aromatic heterocycles. The first kappa shape index (κ1) is 29.6. The molecule has 0 saturated carbocycles. The van der Waals surface area contributed by atoms with Crippen LogP contribution >= 0.6 is 0 Å². The van der Waals surface area contributed by atoms with Crippen LogP contribution in [0.2, 0.25) is 0 Å². The minimum Gasteiger partial charge on any atom is 0 e. The van der Waals surface area contributed by atoms with Crippen molar-refractivity contribution in [2.75, 3.05) is 0 Å². The summed E-state index contributed by atoms with van der Waals surface area (Å²) < 4.78 is 3.36. The third-order valence-electron chi connectivity index (χ3n) is 5.47. The van der Waals surface area contributed by atoms with Gasteiger partial charge in [-0.3, -0.25) is 0 Å². The van der Waals surface area contributed by atoms with Gasteiger partial charge in [-0.2, -0.15) is 0 Å². The van der Waals surface area contributed by atoms with Gasteiger partial charge in [0.05, 0.1) is 0 Å². The topological polar surface area (TPSA) is 38.7 Å². The molecule has 0 bridgehead atoms. The average Bonchev–Trinajstić information content (AvgIpc) is 2.87. The third kappa shape index (κ3) is 7.79.